The average Bonchev–Trinajstić information content (AvgIpc) is 2.22. The second kappa shape index (κ2) is 6.63. The van der Waals surface area contributed by atoms with Crippen LogP contribution in [-0.2, 0) is 14.3 Å². The molecule has 1 aliphatic rings. The van der Waals surface area contributed by atoms with Gasteiger partial charge in [0.15, 0.2) is 0 Å². The average molecular weight is 265 g/mol. The molecule has 1 fully saturated rings. The lowest BCUT2D eigenvalue weighted by Gasteiger charge is -2.37. The number of carboxylic acids is 1. The normalized spacial score (nSPS) is 17.3. The van der Waals surface area contributed by atoms with Crippen molar-refractivity contribution in [1.82, 2.24) is 5.32 Å². The zero-order valence-electron chi connectivity index (χ0n) is 9.95. The van der Waals surface area contributed by atoms with Crippen LogP contribution in [0.15, 0.2) is 0 Å². The van der Waals surface area contributed by atoms with Crippen molar-refractivity contribution in [3.8, 4) is 0 Å². The summed E-state index contributed by atoms with van der Waals surface area (Å²) in [6.07, 6.45) is -0.616. The number of hydrogen-bond acceptors (Lipinski definition) is 3. The molecule has 2 N–H and O–H groups in total. The third-order valence-corrected chi connectivity index (χ3v) is 3.11. The van der Waals surface area contributed by atoms with E-state index in [1.165, 1.54) is 0 Å². The molecule has 0 aromatic heterocycles. The minimum atomic E-state index is -2.54. The number of alkyl halides is 2. The van der Waals surface area contributed by atoms with Gasteiger partial charge in [-0.1, -0.05) is 6.42 Å². The van der Waals surface area contributed by atoms with Crippen LogP contribution in [0, 0.1) is 5.41 Å². The maximum Gasteiger partial charge on any atom is 0.311 e. The van der Waals surface area contributed by atoms with Crippen molar-refractivity contribution in [3.05, 3.63) is 0 Å². The van der Waals surface area contributed by atoms with Crippen LogP contribution in [0.5, 0.6) is 0 Å². The summed E-state index contributed by atoms with van der Waals surface area (Å²) < 4.78 is 28.0. The van der Waals surface area contributed by atoms with Gasteiger partial charge in [0.1, 0.15) is 6.61 Å². The highest BCUT2D eigenvalue weighted by molar-refractivity contribution is 5.79. The molecule has 1 amide bonds. The van der Waals surface area contributed by atoms with Crippen LogP contribution in [0.3, 0.4) is 0 Å². The molecule has 5 nitrogen and oxygen atoms in total. The Hall–Kier alpha value is -1.24. The molecule has 7 heteroatoms. The second-order valence-corrected chi connectivity index (χ2v) is 4.43. The SMILES string of the molecule is O=C(CCOCC(F)F)NCC1(C(=O)O)CCC1. The van der Waals surface area contributed by atoms with Gasteiger partial charge >= 0.3 is 5.97 Å². The lowest BCUT2D eigenvalue weighted by molar-refractivity contribution is -0.154. The molecule has 1 rings (SSSR count). The van der Waals surface area contributed by atoms with E-state index in [9.17, 15) is 18.4 Å². The van der Waals surface area contributed by atoms with Crippen molar-refractivity contribution in [2.24, 2.45) is 5.41 Å². The number of carbonyl (C=O) groups is 2. The smallest absolute Gasteiger partial charge is 0.311 e. The molecule has 0 saturated heterocycles. The van der Waals surface area contributed by atoms with Gasteiger partial charge in [-0.2, -0.15) is 0 Å². The highest BCUT2D eigenvalue weighted by atomic mass is 19.3. The summed E-state index contributed by atoms with van der Waals surface area (Å²) in [5.74, 6) is -1.28. The first-order valence-corrected chi connectivity index (χ1v) is 5.82. The highest BCUT2D eigenvalue weighted by Crippen LogP contribution is 2.40. The standard InChI is InChI=1S/C11H17F2NO4/c12-8(13)6-18-5-2-9(15)14-7-11(10(16)17)3-1-4-11/h8H,1-7H2,(H,14,15)(H,16,17). The Morgan fingerprint density at radius 3 is 2.50 bits per heavy atom. The van der Waals surface area contributed by atoms with Crippen LogP contribution in [0.25, 0.3) is 0 Å². The quantitative estimate of drug-likeness (QED) is 0.643. The number of ether oxygens (including phenoxy) is 1. The number of rotatable bonds is 8. The predicted octanol–water partition coefficient (Wildman–Crippen LogP) is 1.03. The van der Waals surface area contributed by atoms with Gasteiger partial charge in [0.2, 0.25) is 5.91 Å². The van der Waals surface area contributed by atoms with E-state index in [2.05, 4.69) is 10.1 Å². The maximum absolute atomic E-state index is 11.7. The van der Waals surface area contributed by atoms with Crippen LogP contribution in [0.2, 0.25) is 0 Å². The summed E-state index contributed by atoms with van der Waals surface area (Å²) >= 11 is 0. The fourth-order valence-electron chi connectivity index (χ4n) is 1.76. The summed E-state index contributed by atoms with van der Waals surface area (Å²) in [7, 11) is 0. The summed E-state index contributed by atoms with van der Waals surface area (Å²) in [5.41, 5.74) is -0.834. The third-order valence-electron chi connectivity index (χ3n) is 3.11. The second-order valence-electron chi connectivity index (χ2n) is 4.43. The van der Waals surface area contributed by atoms with E-state index in [1.807, 2.05) is 0 Å². The first-order valence-electron chi connectivity index (χ1n) is 5.82. The van der Waals surface area contributed by atoms with E-state index in [0.717, 1.165) is 6.42 Å². The molecular weight excluding hydrogens is 248 g/mol. The lowest BCUT2D eigenvalue weighted by Crippen LogP contribution is -2.47. The number of nitrogens with one attached hydrogen (secondary N) is 1. The summed E-state index contributed by atoms with van der Waals surface area (Å²) in [5, 5.41) is 11.5. The van der Waals surface area contributed by atoms with Crippen molar-refractivity contribution < 1.29 is 28.2 Å². The molecule has 0 aromatic carbocycles. The van der Waals surface area contributed by atoms with E-state index in [1.54, 1.807) is 0 Å². The predicted molar refractivity (Wildman–Crippen MR) is 58.4 cm³/mol. The molecule has 1 aliphatic carbocycles. The monoisotopic (exact) mass is 265 g/mol. The number of carbonyl (C=O) groups excluding carboxylic acids is 1. The Morgan fingerprint density at radius 1 is 1.39 bits per heavy atom. The molecule has 18 heavy (non-hydrogen) atoms. The van der Waals surface area contributed by atoms with Crippen molar-refractivity contribution in [3.63, 3.8) is 0 Å². The topological polar surface area (TPSA) is 75.6 Å². The zero-order chi connectivity index (χ0) is 13.6. The van der Waals surface area contributed by atoms with Crippen molar-refractivity contribution in [2.45, 2.75) is 32.1 Å². The van der Waals surface area contributed by atoms with Gasteiger partial charge in [-0.05, 0) is 12.8 Å². The van der Waals surface area contributed by atoms with Crippen molar-refractivity contribution in [2.75, 3.05) is 19.8 Å². The minimum absolute atomic E-state index is 0.0393. The lowest BCUT2D eigenvalue weighted by atomic mass is 9.69. The first-order chi connectivity index (χ1) is 8.46. The van der Waals surface area contributed by atoms with Gasteiger partial charge in [0.05, 0.1) is 12.0 Å². The van der Waals surface area contributed by atoms with Crippen LogP contribution in [0.1, 0.15) is 25.7 Å². The molecule has 0 unspecified atom stereocenters. The number of aliphatic carboxylic acids is 1. The summed E-state index contributed by atoms with van der Waals surface area (Å²) in [6, 6.07) is 0. The summed E-state index contributed by atoms with van der Waals surface area (Å²) in [4.78, 5) is 22.3. The first kappa shape index (κ1) is 14.8. The van der Waals surface area contributed by atoms with Gasteiger partial charge in [-0.3, -0.25) is 9.59 Å². The van der Waals surface area contributed by atoms with E-state index in [0.29, 0.717) is 12.8 Å². The number of halogens is 2. The van der Waals surface area contributed by atoms with Crippen LogP contribution in [0.4, 0.5) is 8.78 Å². The number of amides is 1. The number of hydrogen-bond donors (Lipinski definition) is 2. The molecule has 0 aliphatic heterocycles. The van der Waals surface area contributed by atoms with Gasteiger partial charge in [-0.15, -0.1) is 0 Å². The molecule has 0 atom stereocenters. The molecule has 0 radical (unpaired) electrons. The van der Waals surface area contributed by atoms with Crippen LogP contribution in [-0.4, -0.2) is 43.2 Å². The largest absolute Gasteiger partial charge is 0.481 e. The maximum atomic E-state index is 11.7. The Bertz CT molecular complexity index is 305. The molecule has 0 spiro atoms. The summed E-state index contributed by atoms with van der Waals surface area (Å²) in [6.45, 7) is -0.682. The molecule has 0 heterocycles. The Kier molecular flexibility index (Phi) is 5.46. The minimum Gasteiger partial charge on any atom is -0.481 e. The molecule has 0 bridgehead atoms. The Labute approximate surface area is 103 Å². The van der Waals surface area contributed by atoms with E-state index < -0.39 is 24.4 Å². The Morgan fingerprint density at radius 2 is 2.06 bits per heavy atom. The van der Waals surface area contributed by atoms with Crippen molar-refractivity contribution in [1.29, 1.82) is 0 Å². The Balaban J connectivity index is 2.15. The van der Waals surface area contributed by atoms with E-state index >= 15 is 0 Å². The fourth-order valence-corrected chi connectivity index (χ4v) is 1.76. The van der Waals surface area contributed by atoms with Gasteiger partial charge in [-0.25, -0.2) is 8.78 Å². The molecular formula is C11H17F2NO4. The van der Waals surface area contributed by atoms with E-state index in [-0.39, 0.29) is 25.5 Å². The van der Waals surface area contributed by atoms with Gasteiger partial charge in [0, 0.05) is 13.0 Å². The molecule has 1 saturated carbocycles. The molecule has 0 aromatic rings. The van der Waals surface area contributed by atoms with E-state index in [4.69, 9.17) is 5.11 Å². The number of carboxylic acid groups (broad SMARTS) is 1. The van der Waals surface area contributed by atoms with Gasteiger partial charge in [0.25, 0.3) is 6.43 Å². The van der Waals surface area contributed by atoms with Crippen LogP contribution < -0.4 is 5.32 Å². The third kappa shape index (κ3) is 4.21. The fraction of sp³-hybridized carbons (Fsp3) is 0.818. The van der Waals surface area contributed by atoms with Gasteiger partial charge < -0.3 is 15.2 Å². The highest BCUT2D eigenvalue weighted by Gasteiger charge is 2.44. The van der Waals surface area contributed by atoms with Crippen LogP contribution >= 0.6 is 0 Å². The molecule has 104 valence electrons. The van der Waals surface area contributed by atoms with Crippen molar-refractivity contribution >= 4 is 11.9 Å². The zero-order valence-corrected chi connectivity index (χ0v) is 9.95.